The topological polar surface area (TPSA) is 41.6 Å². The summed E-state index contributed by atoms with van der Waals surface area (Å²) in [5.74, 6) is 0.477. The zero-order valence-corrected chi connectivity index (χ0v) is 15.5. The van der Waals surface area contributed by atoms with Gasteiger partial charge in [-0.2, -0.15) is 0 Å². The van der Waals surface area contributed by atoms with E-state index in [4.69, 9.17) is 4.74 Å². The molecular formula is C23H26N2O2. The van der Waals surface area contributed by atoms with Gasteiger partial charge >= 0.3 is 6.09 Å². The SMILES string of the molecule is O=C(OCc1ccccc1)N1c2ccccc2[C@H](NC2CC2)[C@H]2CCC[C@H]21. The molecule has 3 aliphatic rings. The quantitative estimate of drug-likeness (QED) is 0.849. The highest BCUT2D eigenvalue weighted by Gasteiger charge is 2.47. The Morgan fingerprint density at radius 1 is 1.00 bits per heavy atom. The molecule has 2 saturated carbocycles. The fourth-order valence-electron chi connectivity index (χ4n) is 4.80. The highest BCUT2D eigenvalue weighted by molar-refractivity contribution is 5.90. The van der Waals surface area contributed by atoms with Gasteiger partial charge in [0.2, 0.25) is 0 Å². The van der Waals surface area contributed by atoms with Crippen LogP contribution in [0.4, 0.5) is 10.5 Å². The Balaban J connectivity index is 1.42. The maximum atomic E-state index is 13.1. The average molecular weight is 362 g/mol. The summed E-state index contributed by atoms with van der Waals surface area (Å²) >= 11 is 0. The van der Waals surface area contributed by atoms with Crippen LogP contribution in [-0.4, -0.2) is 18.2 Å². The molecule has 27 heavy (non-hydrogen) atoms. The van der Waals surface area contributed by atoms with Crippen LogP contribution in [0.15, 0.2) is 54.6 Å². The van der Waals surface area contributed by atoms with E-state index in [1.54, 1.807) is 0 Å². The molecule has 0 unspecified atom stereocenters. The number of hydrogen-bond donors (Lipinski definition) is 1. The number of anilines is 1. The molecule has 2 aliphatic carbocycles. The molecule has 2 fully saturated rings. The standard InChI is InChI=1S/C23H26N2O2/c26-23(27-15-16-7-2-1-3-8-16)25-20-11-5-4-9-18(20)22(24-17-13-14-17)19-10-6-12-21(19)25/h1-5,7-9,11,17,19,21-22,24H,6,10,12-15H2/t19-,21+,22-/m0/s1. The number of para-hydroxylation sites is 1. The molecule has 140 valence electrons. The van der Waals surface area contributed by atoms with Crippen molar-refractivity contribution in [2.24, 2.45) is 5.92 Å². The molecule has 1 heterocycles. The second-order valence-corrected chi connectivity index (χ2v) is 8.05. The maximum Gasteiger partial charge on any atom is 0.414 e. The third kappa shape index (κ3) is 3.23. The molecule has 0 saturated heterocycles. The van der Waals surface area contributed by atoms with Gasteiger partial charge in [-0.15, -0.1) is 0 Å². The van der Waals surface area contributed by atoms with E-state index in [0.717, 1.165) is 17.7 Å². The van der Waals surface area contributed by atoms with Gasteiger partial charge in [0, 0.05) is 18.1 Å². The smallest absolute Gasteiger partial charge is 0.414 e. The number of ether oxygens (including phenoxy) is 1. The third-order valence-corrected chi connectivity index (χ3v) is 6.22. The van der Waals surface area contributed by atoms with Crippen molar-refractivity contribution in [1.29, 1.82) is 0 Å². The Morgan fingerprint density at radius 3 is 2.59 bits per heavy atom. The van der Waals surface area contributed by atoms with Crippen LogP contribution in [0.25, 0.3) is 0 Å². The van der Waals surface area contributed by atoms with Crippen LogP contribution >= 0.6 is 0 Å². The van der Waals surface area contributed by atoms with Crippen LogP contribution < -0.4 is 10.2 Å². The minimum atomic E-state index is -0.215. The first-order valence-electron chi connectivity index (χ1n) is 10.2. The Hall–Kier alpha value is -2.33. The van der Waals surface area contributed by atoms with Crippen molar-refractivity contribution in [3.05, 3.63) is 65.7 Å². The van der Waals surface area contributed by atoms with E-state index < -0.39 is 0 Å². The van der Waals surface area contributed by atoms with Gasteiger partial charge in [-0.05, 0) is 48.8 Å². The van der Waals surface area contributed by atoms with Crippen LogP contribution in [0.2, 0.25) is 0 Å². The fraction of sp³-hybridized carbons (Fsp3) is 0.435. The molecule has 0 aromatic heterocycles. The van der Waals surface area contributed by atoms with Gasteiger partial charge in [0.25, 0.3) is 0 Å². The summed E-state index contributed by atoms with van der Waals surface area (Å²) in [6.45, 7) is 0.319. The minimum absolute atomic E-state index is 0.215. The van der Waals surface area contributed by atoms with Gasteiger partial charge in [-0.1, -0.05) is 55.0 Å². The lowest BCUT2D eigenvalue weighted by Gasteiger charge is -2.43. The predicted molar refractivity (Wildman–Crippen MR) is 106 cm³/mol. The predicted octanol–water partition coefficient (Wildman–Crippen LogP) is 4.81. The van der Waals surface area contributed by atoms with E-state index in [1.807, 2.05) is 41.3 Å². The highest BCUT2D eigenvalue weighted by atomic mass is 16.6. The number of carbonyl (C=O) groups excluding carboxylic acids is 1. The number of nitrogens with one attached hydrogen (secondary N) is 1. The molecule has 0 radical (unpaired) electrons. The zero-order chi connectivity index (χ0) is 18.2. The number of nitrogens with zero attached hydrogens (tertiary/aromatic N) is 1. The first-order valence-corrected chi connectivity index (χ1v) is 10.2. The summed E-state index contributed by atoms with van der Waals surface area (Å²) in [7, 11) is 0. The Labute approximate surface area is 160 Å². The van der Waals surface area contributed by atoms with Gasteiger partial charge < -0.3 is 10.1 Å². The summed E-state index contributed by atoms with van der Waals surface area (Å²) in [5.41, 5.74) is 3.30. The summed E-state index contributed by atoms with van der Waals surface area (Å²) in [6.07, 6.45) is 5.74. The van der Waals surface area contributed by atoms with Gasteiger partial charge in [0.15, 0.2) is 0 Å². The zero-order valence-electron chi connectivity index (χ0n) is 15.5. The van der Waals surface area contributed by atoms with Crippen LogP contribution in [0.3, 0.4) is 0 Å². The van der Waals surface area contributed by atoms with E-state index >= 15 is 0 Å². The van der Waals surface area contributed by atoms with Crippen LogP contribution in [0, 0.1) is 5.92 Å². The minimum Gasteiger partial charge on any atom is -0.444 e. The summed E-state index contributed by atoms with van der Waals surface area (Å²) in [4.78, 5) is 15.0. The van der Waals surface area contributed by atoms with Crippen molar-refractivity contribution in [3.63, 3.8) is 0 Å². The van der Waals surface area contributed by atoms with Crippen molar-refractivity contribution in [1.82, 2.24) is 5.32 Å². The molecule has 4 heteroatoms. The Bertz CT molecular complexity index is 818. The fourth-order valence-corrected chi connectivity index (χ4v) is 4.80. The first kappa shape index (κ1) is 16.8. The number of rotatable bonds is 4. The van der Waals surface area contributed by atoms with E-state index in [0.29, 0.717) is 24.6 Å². The van der Waals surface area contributed by atoms with Gasteiger partial charge in [-0.25, -0.2) is 4.79 Å². The molecule has 1 N–H and O–H groups in total. The van der Waals surface area contributed by atoms with Crippen LogP contribution in [0.5, 0.6) is 0 Å². The Kier molecular flexibility index (Phi) is 4.36. The number of hydrogen-bond acceptors (Lipinski definition) is 3. The lowest BCUT2D eigenvalue weighted by atomic mass is 9.83. The molecular weight excluding hydrogens is 336 g/mol. The largest absolute Gasteiger partial charge is 0.444 e. The van der Waals surface area contributed by atoms with E-state index in [1.165, 1.54) is 31.2 Å². The number of carbonyl (C=O) groups is 1. The molecule has 3 atom stereocenters. The molecule has 4 nitrogen and oxygen atoms in total. The average Bonchev–Trinajstić information content (AvgIpc) is 3.40. The second-order valence-electron chi connectivity index (χ2n) is 8.05. The normalized spacial score (nSPS) is 26.4. The van der Waals surface area contributed by atoms with Crippen molar-refractivity contribution >= 4 is 11.8 Å². The molecule has 2 aromatic carbocycles. The van der Waals surface area contributed by atoms with E-state index in [9.17, 15) is 4.79 Å². The molecule has 5 rings (SSSR count). The van der Waals surface area contributed by atoms with Crippen LogP contribution in [-0.2, 0) is 11.3 Å². The molecule has 0 bridgehead atoms. The van der Waals surface area contributed by atoms with Crippen molar-refractivity contribution < 1.29 is 9.53 Å². The molecule has 1 amide bonds. The summed E-state index contributed by atoms with van der Waals surface area (Å²) in [5, 5.41) is 3.86. The monoisotopic (exact) mass is 362 g/mol. The number of fused-ring (bicyclic) bond motifs is 2. The van der Waals surface area contributed by atoms with Crippen molar-refractivity contribution in [2.45, 2.75) is 56.8 Å². The lowest BCUT2D eigenvalue weighted by Crippen LogP contribution is -2.51. The Morgan fingerprint density at radius 2 is 1.78 bits per heavy atom. The first-order chi connectivity index (χ1) is 13.3. The van der Waals surface area contributed by atoms with E-state index in [2.05, 4.69) is 23.5 Å². The third-order valence-electron chi connectivity index (χ3n) is 6.22. The van der Waals surface area contributed by atoms with Crippen molar-refractivity contribution in [3.8, 4) is 0 Å². The van der Waals surface area contributed by atoms with Crippen molar-refractivity contribution in [2.75, 3.05) is 4.90 Å². The number of benzene rings is 2. The maximum absolute atomic E-state index is 13.1. The summed E-state index contributed by atoms with van der Waals surface area (Å²) < 4.78 is 5.73. The lowest BCUT2D eigenvalue weighted by molar-refractivity contribution is 0.140. The summed E-state index contributed by atoms with van der Waals surface area (Å²) in [6, 6.07) is 19.5. The van der Waals surface area contributed by atoms with E-state index in [-0.39, 0.29) is 12.1 Å². The molecule has 2 aromatic rings. The second kappa shape index (κ2) is 7.01. The van der Waals surface area contributed by atoms with Gasteiger partial charge in [-0.3, -0.25) is 4.90 Å². The molecule has 0 spiro atoms. The molecule has 1 aliphatic heterocycles. The van der Waals surface area contributed by atoms with Gasteiger partial charge in [0.1, 0.15) is 6.61 Å². The van der Waals surface area contributed by atoms with Gasteiger partial charge in [0.05, 0.1) is 5.69 Å². The number of amides is 1. The van der Waals surface area contributed by atoms with Crippen LogP contribution in [0.1, 0.15) is 49.3 Å². The highest BCUT2D eigenvalue weighted by Crippen LogP contribution is 2.48.